The van der Waals surface area contributed by atoms with Gasteiger partial charge in [0, 0.05) is 31.6 Å². The number of amides is 1. The van der Waals surface area contributed by atoms with E-state index in [9.17, 15) is 4.79 Å². The van der Waals surface area contributed by atoms with Crippen LogP contribution in [-0.4, -0.2) is 54.8 Å². The number of carbonyl (C=O) groups excluding carboxylic acids is 1. The van der Waals surface area contributed by atoms with Gasteiger partial charge in [0.2, 0.25) is 0 Å². The predicted molar refractivity (Wildman–Crippen MR) is 100 cm³/mol. The summed E-state index contributed by atoms with van der Waals surface area (Å²) in [5.74, 6) is 2.63. The summed E-state index contributed by atoms with van der Waals surface area (Å²) >= 11 is 1.81. The molecular formula is C16H32N4O2S. The highest BCUT2D eigenvalue weighted by molar-refractivity contribution is 7.99. The quantitative estimate of drug-likeness (QED) is 0.273. The second-order valence-corrected chi connectivity index (χ2v) is 7.88. The standard InChI is InChI=1S/C16H32N4O2S/c1-8-10-23-11-9-18-13(17-7)19-12-16(5,6)20-14(21)22-15(2,3)4/h8H,1,9-12H2,2-7H3,(H,20,21)(H2,17,18,19). The highest BCUT2D eigenvalue weighted by Gasteiger charge is 2.24. The van der Waals surface area contributed by atoms with Gasteiger partial charge < -0.3 is 20.7 Å². The molecule has 1 amide bonds. The lowest BCUT2D eigenvalue weighted by Crippen LogP contribution is -2.54. The number of nitrogens with zero attached hydrogens (tertiary/aromatic N) is 1. The van der Waals surface area contributed by atoms with Gasteiger partial charge in [0.15, 0.2) is 5.96 Å². The Labute approximate surface area is 144 Å². The van der Waals surface area contributed by atoms with Crippen molar-refractivity contribution in [1.29, 1.82) is 0 Å². The topological polar surface area (TPSA) is 74.8 Å². The fourth-order valence-electron chi connectivity index (χ4n) is 1.56. The number of hydrogen-bond acceptors (Lipinski definition) is 4. The van der Waals surface area contributed by atoms with Crippen molar-refractivity contribution in [3.8, 4) is 0 Å². The third kappa shape index (κ3) is 12.8. The molecule has 0 atom stereocenters. The molecule has 0 saturated carbocycles. The molecular weight excluding hydrogens is 312 g/mol. The Bertz CT molecular complexity index is 403. The van der Waals surface area contributed by atoms with Gasteiger partial charge in [0.25, 0.3) is 0 Å². The van der Waals surface area contributed by atoms with E-state index in [-0.39, 0.29) is 0 Å². The van der Waals surface area contributed by atoms with Crippen LogP contribution in [0.3, 0.4) is 0 Å². The zero-order valence-electron chi connectivity index (χ0n) is 15.3. The van der Waals surface area contributed by atoms with Crippen molar-refractivity contribution in [1.82, 2.24) is 16.0 Å². The molecule has 3 N–H and O–H groups in total. The van der Waals surface area contributed by atoms with Crippen LogP contribution >= 0.6 is 11.8 Å². The lowest BCUT2D eigenvalue weighted by molar-refractivity contribution is 0.0474. The number of ether oxygens (including phenoxy) is 1. The number of hydrogen-bond donors (Lipinski definition) is 3. The van der Waals surface area contributed by atoms with Crippen molar-refractivity contribution in [2.75, 3.05) is 31.6 Å². The summed E-state index contributed by atoms with van der Waals surface area (Å²) in [6.45, 7) is 14.4. The van der Waals surface area contributed by atoms with E-state index >= 15 is 0 Å². The number of aliphatic imine (C=N–C) groups is 1. The van der Waals surface area contributed by atoms with Crippen molar-refractivity contribution in [3.05, 3.63) is 12.7 Å². The van der Waals surface area contributed by atoms with Crippen LogP contribution in [-0.2, 0) is 4.74 Å². The summed E-state index contributed by atoms with van der Waals surface area (Å²) in [4.78, 5) is 16.0. The van der Waals surface area contributed by atoms with Gasteiger partial charge in [-0.25, -0.2) is 4.79 Å². The van der Waals surface area contributed by atoms with Crippen LogP contribution in [0.1, 0.15) is 34.6 Å². The summed E-state index contributed by atoms with van der Waals surface area (Å²) < 4.78 is 5.27. The van der Waals surface area contributed by atoms with E-state index in [0.717, 1.165) is 18.1 Å². The summed E-state index contributed by atoms with van der Waals surface area (Å²) in [5, 5.41) is 9.29. The van der Waals surface area contributed by atoms with Crippen molar-refractivity contribution < 1.29 is 9.53 Å². The van der Waals surface area contributed by atoms with Gasteiger partial charge in [0.05, 0.1) is 5.54 Å². The smallest absolute Gasteiger partial charge is 0.408 e. The third-order valence-corrected chi connectivity index (χ3v) is 3.50. The van der Waals surface area contributed by atoms with Crippen LogP contribution in [0.4, 0.5) is 4.79 Å². The van der Waals surface area contributed by atoms with Gasteiger partial charge in [0.1, 0.15) is 5.60 Å². The van der Waals surface area contributed by atoms with E-state index in [1.165, 1.54) is 0 Å². The summed E-state index contributed by atoms with van der Waals surface area (Å²) in [7, 11) is 1.72. The Hall–Kier alpha value is -1.37. The maximum Gasteiger partial charge on any atom is 0.408 e. The molecule has 0 aromatic rings. The molecule has 0 rings (SSSR count). The number of nitrogens with one attached hydrogen (secondary N) is 3. The van der Waals surface area contributed by atoms with E-state index in [4.69, 9.17) is 4.74 Å². The highest BCUT2D eigenvalue weighted by atomic mass is 32.2. The van der Waals surface area contributed by atoms with Crippen LogP contribution in [0.15, 0.2) is 17.6 Å². The molecule has 7 heteroatoms. The molecule has 0 fully saturated rings. The average molecular weight is 345 g/mol. The average Bonchev–Trinajstić information content (AvgIpc) is 2.39. The summed E-state index contributed by atoms with van der Waals surface area (Å²) in [6.07, 6.45) is 1.47. The SMILES string of the molecule is C=CCSCCNC(=NC)NCC(C)(C)NC(=O)OC(C)(C)C. The van der Waals surface area contributed by atoms with Crippen LogP contribution in [0.5, 0.6) is 0 Å². The van der Waals surface area contributed by atoms with Crippen LogP contribution in [0, 0.1) is 0 Å². The Balaban J connectivity index is 4.18. The minimum Gasteiger partial charge on any atom is -0.444 e. The number of rotatable bonds is 8. The molecule has 134 valence electrons. The van der Waals surface area contributed by atoms with Gasteiger partial charge in [-0.15, -0.1) is 6.58 Å². The zero-order chi connectivity index (χ0) is 17.9. The molecule has 0 aliphatic heterocycles. The van der Waals surface area contributed by atoms with Crippen molar-refractivity contribution in [2.45, 2.75) is 45.8 Å². The molecule has 0 heterocycles. The Morgan fingerprint density at radius 1 is 1.26 bits per heavy atom. The zero-order valence-corrected chi connectivity index (χ0v) is 16.1. The Morgan fingerprint density at radius 3 is 2.43 bits per heavy atom. The first kappa shape index (κ1) is 21.6. The molecule has 0 bridgehead atoms. The highest BCUT2D eigenvalue weighted by Crippen LogP contribution is 2.09. The van der Waals surface area contributed by atoms with E-state index < -0.39 is 17.2 Å². The minimum absolute atomic E-state index is 0.423. The molecule has 0 aliphatic rings. The lowest BCUT2D eigenvalue weighted by atomic mass is 10.1. The molecule has 0 radical (unpaired) electrons. The monoisotopic (exact) mass is 344 g/mol. The Morgan fingerprint density at radius 2 is 1.91 bits per heavy atom. The molecule has 0 unspecified atom stereocenters. The third-order valence-electron chi connectivity index (χ3n) is 2.54. The predicted octanol–water partition coefficient (Wildman–Crippen LogP) is 2.37. The molecule has 0 aromatic heterocycles. The second-order valence-electron chi connectivity index (χ2n) is 6.73. The second kappa shape index (κ2) is 10.4. The van der Waals surface area contributed by atoms with Crippen LogP contribution in [0.25, 0.3) is 0 Å². The number of carbonyl (C=O) groups is 1. The molecule has 23 heavy (non-hydrogen) atoms. The summed E-state index contributed by atoms with van der Waals surface area (Å²) in [6, 6.07) is 0. The Kier molecular flexibility index (Phi) is 9.79. The lowest BCUT2D eigenvalue weighted by Gasteiger charge is -2.29. The maximum absolute atomic E-state index is 11.8. The molecule has 0 aliphatic carbocycles. The van der Waals surface area contributed by atoms with Crippen LogP contribution < -0.4 is 16.0 Å². The minimum atomic E-state index is -0.506. The summed E-state index contributed by atoms with van der Waals surface area (Å²) in [5.41, 5.74) is -0.966. The van der Waals surface area contributed by atoms with Gasteiger partial charge in [-0.05, 0) is 34.6 Å². The largest absolute Gasteiger partial charge is 0.444 e. The van der Waals surface area contributed by atoms with Crippen molar-refractivity contribution >= 4 is 23.8 Å². The molecule has 0 aromatic carbocycles. The number of alkyl carbamates (subject to hydrolysis) is 1. The van der Waals surface area contributed by atoms with Gasteiger partial charge >= 0.3 is 6.09 Å². The first-order chi connectivity index (χ1) is 10.6. The van der Waals surface area contributed by atoms with Gasteiger partial charge in [-0.2, -0.15) is 11.8 Å². The van der Waals surface area contributed by atoms with Crippen LogP contribution in [0.2, 0.25) is 0 Å². The number of thioether (sulfide) groups is 1. The van der Waals surface area contributed by atoms with Gasteiger partial charge in [-0.3, -0.25) is 4.99 Å². The molecule has 0 saturated heterocycles. The number of guanidine groups is 1. The normalized spacial score (nSPS) is 12.5. The van der Waals surface area contributed by atoms with E-state index in [2.05, 4.69) is 27.5 Å². The maximum atomic E-state index is 11.8. The van der Waals surface area contributed by atoms with Crippen molar-refractivity contribution in [2.24, 2.45) is 4.99 Å². The first-order valence-electron chi connectivity index (χ1n) is 7.74. The molecule has 0 spiro atoms. The van der Waals surface area contributed by atoms with E-state index in [1.807, 2.05) is 40.7 Å². The van der Waals surface area contributed by atoms with Crippen molar-refractivity contribution in [3.63, 3.8) is 0 Å². The van der Waals surface area contributed by atoms with Gasteiger partial charge in [-0.1, -0.05) is 6.08 Å². The fraction of sp³-hybridized carbons (Fsp3) is 0.750. The first-order valence-corrected chi connectivity index (χ1v) is 8.89. The molecule has 6 nitrogen and oxygen atoms in total. The van der Waals surface area contributed by atoms with E-state index in [0.29, 0.717) is 12.5 Å². The van der Waals surface area contributed by atoms with E-state index in [1.54, 1.807) is 18.8 Å². The fourth-order valence-corrected chi connectivity index (χ4v) is 2.14.